The highest BCUT2D eigenvalue weighted by molar-refractivity contribution is 7.99. The Labute approximate surface area is 127 Å². The Morgan fingerprint density at radius 2 is 1.81 bits per heavy atom. The molecule has 2 unspecified atom stereocenters. The highest BCUT2D eigenvalue weighted by atomic mass is 32.2. The van der Waals surface area contributed by atoms with E-state index >= 15 is 0 Å². The van der Waals surface area contributed by atoms with Crippen LogP contribution in [0.25, 0.3) is 0 Å². The van der Waals surface area contributed by atoms with Crippen molar-refractivity contribution in [3.63, 3.8) is 0 Å². The van der Waals surface area contributed by atoms with Gasteiger partial charge in [-0.05, 0) is 6.92 Å². The van der Waals surface area contributed by atoms with E-state index in [1.165, 1.54) is 18.7 Å². The van der Waals surface area contributed by atoms with Gasteiger partial charge in [0.1, 0.15) is 19.3 Å². The molecule has 0 aromatic rings. The molecule has 3 N–H and O–H groups in total. The number of aliphatic hydroxyl groups is 3. The molecule has 2 atom stereocenters. The minimum Gasteiger partial charge on any atom is -0.463 e. The van der Waals surface area contributed by atoms with Gasteiger partial charge < -0.3 is 24.8 Å². The smallest absolute Gasteiger partial charge is 0.333 e. The van der Waals surface area contributed by atoms with E-state index in [-0.39, 0.29) is 31.8 Å². The molecule has 0 saturated heterocycles. The summed E-state index contributed by atoms with van der Waals surface area (Å²) in [5.74, 6) is -0.328. The number of carbonyl (C=O) groups excluding carboxylic acids is 2. The van der Waals surface area contributed by atoms with Crippen molar-refractivity contribution < 1.29 is 34.4 Å². The third kappa shape index (κ3) is 11.3. The second-order valence-electron chi connectivity index (χ2n) is 4.38. The van der Waals surface area contributed by atoms with Crippen molar-refractivity contribution in [1.29, 1.82) is 0 Å². The molecule has 0 saturated carbocycles. The topological polar surface area (TPSA) is 113 Å². The van der Waals surface area contributed by atoms with Gasteiger partial charge in [0.25, 0.3) is 0 Å². The van der Waals surface area contributed by atoms with E-state index in [0.29, 0.717) is 11.5 Å². The molecule has 0 aliphatic heterocycles. The Balaban J connectivity index is 3.63. The predicted molar refractivity (Wildman–Crippen MR) is 77.8 cm³/mol. The van der Waals surface area contributed by atoms with Gasteiger partial charge in [0.2, 0.25) is 0 Å². The number of thioether (sulfide) groups is 1. The predicted octanol–water partition coefficient (Wildman–Crippen LogP) is -0.514. The molecule has 0 aliphatic carbocycles. The Morgan fingerprint density at radius 3 is 2.38 bits per heavy atom. The lowest BCUT2D eigenvalue weighted by Crippen LogP contribution is -2.25. The molecular weight excluding hydrogens is 300 g/mol. The number of esters is 2. The molecule has 0 amide bonds. The molecule has 0 fully saturated rings. The molecule has 0 rings (SSSR count). The van der Waals surface area contributed by atoms with Crippen LogP contribution in [0, 0.1) is 0 Å². The van der Waals surface area contributed by atoms with Crippen molar-refractivity contribution >= 4 is 23.7 Å². The summed E-state index contributed by atoms with van der Waals surface area (Å²) in [6.45, 7) is 4.04. The van der Waals surface area contributed by atoms with Crippen molar-refractivity contribution in [3.05, 3.63) is 12.2 Å². The molecule has 0 aromatic carbocycles. The Hall–Kier alpha value is -1.09. The molecule has 0 radical (unpaired) electrons. The molecule has 21 heavy (non-hydrogen) atoms. The number of hydrogen-bond acceptors (Lipinski definition) is 8. The van der Waals surface area contributed by atoms with Crippen LogP contribution in [0.15, 0.2) is 12.2 Å². The fourth-order valence-electron chi connectivity index (χ4n) is 1.03. The first-order valence-electron chi connectivity index (χ1n) is 6.39. The highest BCUT2D eigenvalue weighted by Gasteiger charge is 2.12. The van der Waals surface area contributed by atoms with Crippen LogP contribution in [0.5, 0.6) is 0 Å². The maximum Gasteiger partial charge on any atom is 0.333 e. The number of carbonyl (C=O) groups is 2. The van der Waals surface area contributed by atoms with Crippen LogP contribution in [-0.2, 0) is 19.1 Å². The Morgan fingerprint density at radius 1 is 1.19 bits per heavy atom. The van der Waals surface area contributed by atoms with Crippen molar-refractivity contribution in [2.24, 2.45) is 0 Å². The molecule has 0 heterocycles. The van der Waals surface area contributed by atoms with Crippen LogP contribution in [0.4, 0.5) is 0 Å². The van der Waals surface area contributed by atoms with E-state index in [4.69, 9.17) is 19.7 Å². The summed E-state index contributed by atoms with van der Waals surface area (Å²) >= 11 is 1.31. The summed E-state index contributed by atoms with van der Waals surface area (Å²) in [5.41, 5.74) is 0.223. The Kier molecular flexibility index (Phi) is 11.0. The molecule has 0 aromatic heterocycles. The molecule has 8 heteroatoms. The van der Waals surface area contributed by atoms with E-state index < -0.39 is 24.1 Å². The van der Waals surface area contributed by atoms with E-state index in [1.54, 1.807) is 0 Å². The summed E-state index contributed by atoms with van der Waals surface area (Å²) in [6, 6.07) is 0. The fraction of sp³-hybridized carbons (Fsp3) is 0.692. The van der Waals surface area contributed by atoms with Crippen LogP contribution in [0.3, 0.4) is 0 Å². The van der Waals surface area contributed by atoms with Gasteiger partial charge in [-0.25, -0.2) is 4.79 Å². The summed E-state index contributed by atoms with van der Waals surface area (Å²) in [5, 5.41) is 27.1. The largest absolute Gasteiger partial charge is 0.463 e. The summed E-state index contributed by atoms with van der Waals surface area (Å²) < 4.78 is 9.50. The second kappa shape index (κ2) is 11.6. The van der Waals surface area contributed by atoms with Crippen molar-refractivity contribution in [2.75, 3.05) is 31.3 Å². The SMILES string of the molecule is C=C(C)C(=O)OCC(O)COC(=O)CCSCC(O)CO. The van der Waals surface area contributed by atoms with E-state index in [0.717, 1.165) is 0 Å². The Bertz CT molecular complexity index is 345. The standard InChI is InChI=1S/C13H22O7S/c1-9(2)13(18)20-7-11(16)6-19-12(17)3-4-21-8-10(15)5-14/h10-11,14-16H,1,3-8H2,2H3. The lowest BCUT2D eigenvalue weighted by atomic mass is 10.3. The lowest BCUT2D eigenvalue weighted by Gasteiger charge is -2.12. The molecule has 0 bridgehead atoms. The van der Waals surface area contributed by atoms with E-state index in [9.17, 15) is 14.7 Å². The first-order chi connectivity index (χ1) is 9.86. The number of ether oxygens (including phenoxy) is 2. The van der Waals surface area contributed by atoms with Crippen LogP contribution in [0.2, 0.25) is 0 Å². The summed E-state index contributed by atoms with van der Waals surface area (Å²) in [6.07, 6.45) is -1.75. The van der Waals surface area contributed by atoms with Crippen LogP contribution >= 0.6 is 11.8 Å². The molecule has 0 spiro atoms. The van der Waals surface area contributed by atoms with Gasteiger partial charge >= 0.3 is 11.9 Å². The van der Waals surface area contributed by atoms with Gasteiger partial charge in [0.05, 0.1) is 19.1 Å². The first-order valence-corrected chi connectivity index (χ1v) is 7.55. The number of aliphatic hydroxyl groups excluding tert-OH is 3. The second-order valence-corrected chi connectivity index (χ2v) is 5.53. The van der Waals surface area contributed by atoms with Gasteiger partial charge in [-0.15, -0.1) is 0 Å². The van der Waals surface area contributed by atoms with Crippen LogP contribution in [-0.4, -0.2) is 70.8 Å². The average Bonchev–Trinajstić information content (AvgIpc) is 2.46. The molecule has 7 nitrogen and oxygen atoms in total. The van der Waals surface area contributed by atoms with Gasteiger partial charge in [-0.2, -0.15) is 11.8 Å². The summed E-state index contributed by atoms with van der Waals surface area (Å²) in [4.78, 5) is 22.4. The first kappa shape index (κ1) is 19.9. The van der Waals surface area contributed by atoms with Gasteiger partial charge in [-0.3, -0.25) is 4.79 Å². The quantitative estimate of drug-likeness (QED) is 0.265. The van der Waals surface area contributed by atoms with Gasteiger partial charge in [0.15, 0.2) is 0 Å². The minimum atomic E-state index is -1.08. The van der Waals surface area contributed by atoms with Crippen LogP contribution < -0.4 is 0 Å². The maximum absolute atomic E-state index is 11.3. The molecule has 0 aliphatic rings. The van der Waals surface area contributed by atoms with Crippen molar-refractivity contribution in [2.45, 2.75) is 25.6 Å². The highest BCUT2D eigenvalue weighted by Crippen LogP contribution is 2.06. The normalized spacial score (nSPS) is 13.3. The number of rotatable bonds is 11. The third-order valence-electron chi connectivity index (χ3n) is 2.16. The van der Waals surface area contributed by atoms with Gasteiger partial charge in [-0.1, -0.05) is 6.58 Å². The number of hydrogen-bond donors (Lipinski definition) is 3. The van der Waals surface area contributed by atoms with Gasteiger partial charge in [0, 0.05) is 17.1 Å². The molecule has 122 valence electrons. The van der Waals surface area contributed by atoms with E-state index in [2.05, 4.69) is 6.58 Å². The fourth-order valence-corrected chi connectivity index (χ4v) is 1.89. The minimum absolute atomic E-state index is 0.126. The van der Waals surface area contributed by atoms with Crippen molar-refractivity contribution in [1.82, 2.24) is 0 Å². The summed E-state index contributed by atoms with van der Waals surface area (Å²) in [7, 11) is 0. The van der Waals surface area contributed by atoms with E-state index in [1.807, 2.05) is 0 Å². The molecular formula is C13H22O7S. The zero-order valence-corrected chi connectivity index (χ0v) is 12.8. The third-order valence-corrected chi connectivity index (χ3v) is 3.28. The lowest BCUT2D eigenvalue weighted by molar-refractivity contribution is -0.150. The monoisotopic (exact) mass is 322 g/mol. The zero-order valence-electron chi connectivity index (χ0n) is 12.0. The van der Waals surface area contributed by atoms with Crippen LogP contribution in [0.1, 0.15) is 13.3 Å². The zero-order chi connectivity index (χ0) is 16.3. The average molecular weight is 322 g/mol. The van der Waals surface area contributed by atoms with Crippen molar-refractivity contribution in [3.8, 4) is 0 Å². The maximum atomic E-state index is 11.3.